The van der Waals surface area contributed by atoms with Crippen molar-refractivity contribution in [3.05, 3.63) is 34.1 Å². The van der Waals surface area contributed by atoms with Crippen LogP contribution in [0.25, 0.3) is 0 Å². The third-order valence-electron chi connectivity index (χ3n) is 2.04. The largest absolute Gasteiger partial charge is 0.383 e. The van der Waals surface area contributed by atoms with E-state index in [9.17, 15) is 4.39 Å². The monoisotopic (exact) mass is 217 g/mol. The molecule has 1 atom stereocenters. The average molecular weight is 218 g/mol. The quantitative estimate of drug-likeness (QED) is 0.844. The van der Waals surface area contributed by atoms with Gasteiger partial charge in [-0.1, -0.05) is 17.7 Å². The third-order valence-corrected chi connectivity index (χ3v) is 2.54. The fraction of sp³-hybridized carbons (Fsp3) is 0.400. The molecule has 1 aromatic rings. The Morgan fingerprint density at radius 1 is 1.57 bits per heavy atom. The van der Waals surface area contributed by atoms with Crippen LogP contribution in [0.15, 0.2) is 12.1 Å². The van der Waals surface area contributed by atoms with Crippen LogP contribution in [0.5, 0.6) is 0 Å². The minimum absolute atomic E-state index is 0.250. The molecule has 0 radical (unpaired) electrons. The van der Waals surface area contributed by atoms with Crippen molar-refractivity contribution in [2.75, 3.05) is 13.7 Å². The first kappa shape index (κ1) is 11.4. The smallest absolute Gasteiger partial charge is 0.129 e. The molecule has 0 heterocycles. The van der Waals surface area contributed by atoms with Crippen LogP contribution in [-0.2, 0) is 4.74 Å². The maximum Gasteiger partial charge on any atom is 0.129 e. The van der Waals surface area contributed by atoms with E-state index in [1.54, 1.807) is 6.07 Å². The standard InChI is InChI=1S/C10H13ClFNO/c1-6-3-4-7(12)9(10(6)11)8(13)5-14-2/h3-4,8H,5,13H2,1-2H3/t8-/m1/s1. The second kappa shape index (κ2) is 4.73. The number of nitrogens with two attached hydrogens (primary N) is 1. The molecule has 0 saturated heterocycles. The molecule has 0 spiro atoms. The number of methoxy groups -OCH3 is 1. The molecule has 14 heavy (non-hydrogen) atoms. The molecule has 2 N–H and O–H groups in total. The zero-order chi connectivity index (χ0) is 10.7. The molecule has 0 aromatic heterocycles. The second-order valence-corrected chi connectivity index (χ2v) is 3.53. The van der Waals surface area contributed by atoms with Gasteiger partial charge >= 0.3 is 0 Å². The molecule has 0 aliphatic carbocycles. The summed E-state index contributed by atoms with van der Waals surface area (Å²) in [5.41, 5.74) is 6.87. The van der Waals surface area contributed by atoms with Crippen LogP contribution in [0.2, 0.25) is 5.02 Å². The Morgan fingerprint density at radius 2 is 2.21 bits per heavy atom. The normalized spacial score (nSPS) is 12.9. The number of rotatable bonds is 3. The van der Waals surface area contributed by atoms with Gasteiger partial charge in [0.05, 0.1) is 17.7 Å². The Morgan fingerprint density at radius 3 is 2.79 bits per heavy atom. The summed E-state index contributed by atoms with van der Waals surface area (Å²) in [5, 5.41) is 0.384. The van der Waals surface area contributed by atoms with Crippen molar-refractivity contribution >= 4 is 11.6 Å². The highest BCUT2D eigenvalue weighted by Gasteiger charge is 2.16. The zero-order valence-corrected chi connectivity index (χ0v) is 8.94. The van der Waals surface area contributed by atoms with Crippen molar-refractivity contribution in [1.82, 2.24) is 0 Å². The van der Waals surface area contributed by atoms with Crippen molar-refractivity contribution in [3.8, 4) is 0 Å². The minimum Gasteiger partial charge on any atom is -0.383 e. The summed E-state index contributed by atoms with van der Waals surface area (Å²) >= 11 is 5.95. The van der Waals surface area contributed by atoms with Crippen LogP contribution in [0, 0.1) is 12.7 Å². The van der Waals surface area contributed by atoms with E-state index in [0.29, 0.717) is 10.6 Å². The van der Waals surface area contributed by atoms with Crippen LogP contribution >= 0.6 is 11.6 Å². The minimum atomic E-state index is -0.521. The topological polar surface area (TPSA) is 35.2 Å². The van der Waals surface area contributed by atoms with Crippen molar-refractivity contribution in [2.24, 2.45) is 5.73 Å². The van der Waals surface area contributed by atoms with E-state index in [1.165, 1.54) is 13.2 Å². The van der Waals surface area contributed by atoms with Gasteiger partial charge in [0.2, 0.25) is 0 Å². The van der Waals surface area contributed by atoms with Crippen LogP contribution in [0.3, 0.4) is 0 Å². The molecule has 0 saturated carbocycles. The lowest BCUT2D eigenvalue weighted by atomic mass is 10.0. The SMILES string of the molecule is COC[C@@H](N)c1c(F)ccc(C)c1Cl. The first-order chi connectivity index (χ1) is 6.57. The summed E-state index contributed by atoms with van der Waals surface area (Å²) in [6, 6.07) is 2.47. The van der Waals surface area contributed by atoms with Crippen molar-refractivity contribution in [2.45, 2.75) is 13.0 Å². The summed E-state index contributed by atoms with van der Waals surface area (Å²) in [7, 11) is 1.52. The Kier molecular flexibility index (Phi) is 3.86. The lowest BCUT2D eigenvalue weighted by molar-refractivity contribution is 0.179. The van der Waals surface area contributed by atoms with E-state index in [1.807, 2.05) is 6.92 Å². The van der Waals surface area contributed by atoms with E-state index in [4.69, 9.17) is 22.1 Å². The van der Waals surface area contributed by atoms with Gasteiger partial charge in [-0.2, -0.15) is 0 Å². The van der Waals surface area contributed by atoms with E-state index in [2.05, 4.69) is 0 Å². The number of halogens is 2. The molecule has 1 aromatic carbocycles. The van der Waals surface area contributed by atoms with E-state index >= 15 is 0 Å². The van der Waals surface area contributed by atoms with E-state index in [-0.39, 0.29) is 12.4 Å². The number of hydrogen-bond donors (Lipinski definition) is 1. The van der Waals surface area contributed by atoms with Crippen LogP contribution in [0.4, 0.5) is 4.39 Å². The van der Waals surface area contributed by atoms with E-state index in [0.717, 1.165) is 5.56 Å². The lowest BCUT2D eigenvalue weighted by Gasteiger charge is -2.14. The van der Waals surface area contributed by atoms with Gasteiger partial charge in [0, 0.05) is 12.7 Å². The number of ether oxygens (including phenoxy) is 1. The van der Waals surface area contributed by atoms with Gasteiger partial charge in [0.15, 0.2) is 0 Å². The molecular formula is C10H13ClFNO. The zero-order valence-electron chi connectivity index (χ0n) is 8.18. The van der Waals surface area contributed by atoms with Gasteiger partial charge in [0.25, 0.3) is 0 Å². The van der Waals surface area contributed by atoms with Crippen LogP contribution in [-0.4, -0.2) is 13.7 Å². The Bertz CT molecular complexity index is 330. The predicted octanol–water partition coefficient (Wildman–Crippen LogP) is 2.43. The Labute approximate surface area is 87.8 Å². The average Bonchev–Trinajstić information content (AvgIpc) is 2.13. The summed E-state index contributed by atoms with van der Waals surface area (Å²) in [6.45, 7) is 2.06. The highest BCUT2D eigenvalue weighted by atomic mass is 35.5. The van der Waals surface area contributed by atoms with Gasteiger partial charge in [-0.15, -0.1) is 0 Å². The van der Waals surface area contributed by atoms with Gasteiger partial charge in [-0.25, -0.2) is 4.39 Å². The molecule has 0 fully saturated rings. The summed E-state index contributed by atoms with van der Waals surface area (Å²) in [6.07, 6.45) is 0. The van der Waals surface area contributed by atoms with E-state index < -0.39 is 6.04 Å². The molecule has 0 amide bonds. The van der Waals surface area contributed by atoms with Crippen LogP contribution < -0.4 is 5.73 Å². The Hall–Kier alpha value is -0.640. The molecule has 78 valence electrons. The highest BCUT2D eigenvalue weighted by Crippen LogP contribution is 2.27. The molecule has 0 aliphatic heterocycles. The van der Waals surface area contributed by atoms with Gasteiger partial charge in [-0.3, -0.25) is 0 Å². The van der Waals surface area contributed by atoms with Crippen LogP contribution in [0.1, 0.15) is 17.2 Å². The molecule has 0 unspecified atom stereocenters. The highest BCUT2D eigenvalue weighted by molar-refractivity contribution is 6.32. The molecule has 0 bridgehead atoms. The molecule has 1 rings (SSSR count). The lowest BCUT2D eigenvalue weighted by Crippen LogP contribution is -2.18. The number of benzene rings is 1. The second-order valence-electron chi connectivity index (χ2n) is 3.15. The summed E-state index contributed by atoms with van der Waals surface area (Å²) in [4.78, 5) is 0. The predicted molar refractivity (Wildman–Crippen MR) is 55.0 cm³/mol. The number of hydrogen-bond acceptors (Lipinski definition) is 2. The van der Waals surface area contributed by atoms with Gasteiger partial charge in [0.1, 0.15) is 5.82 Å². The van der Waals surface area contributed by atoms with Crippen molar-refractivity contribution < 1.29 is 9.13 Å². The fourth-order valence-corrected chi connectivity index (χ4v) is 1.57. The summed E-state index contributed by atoms with van der Waals surface area (Å²) in [5.74, 6) is -0.384. The molecular weight excluding hydrogens is 205 g/mol. The van der Waals surface area contributed by atoms with Gasteiger partial charge < -0.3 is 10.5 Å². The maximum absolute atomic E-state index is 13.4. The van der Waals surface area contributed by atoms with Gasteiger partial charge in [-0.05, 0) is 18.6 Å². The molecule has 2 nitrogen and oxygen atoms in total. The molecule has 4 heteroatoms. The maximum atomic E-state index is 13.4. The van der Waals surface area contributed by atoms with Crippen molar-refractivity contribution in [1.29, 1.82) is 0 Å². The third kappa shape index (κ3) is 2.23. The first-order valence-corrected chi connectivity index (χ1v) is 4.64. The van der Waals surface area contributed by atoms with Crippen molar-refractivity contribution in [3.63, 3.8) is 0 Å². The molecule has 0 aliphatic rings. The number of aryl methyl sites for hydroxylation is 1. The Balaban J connectivity index is 3.11. The fourth-order valence-electron chi connectivity index (χ4n) is 1.28. The first-order valence-electron chi connectivity index (χ1n) is 4.27. The summed E-state index contributed by atoms with van der Waals surface area (Å²) < 4.78 is 18.2.